The second kappa shape index (κ2) is 11.4. The molecule has 18 heavy (non-hydrogen) atoms. The van der Waals surface area contributed by atoms with Gasteiger partial charge in [-0.15, -0.1) is 0 Å². The van der Waals surface area contributed by atoms with Crippen LogP contribution in [-0.2, 0) is 0 Å². The fraction of sp³-hybridized carbons (Fsp3) is 0.923. The molecule has 5 nitrogen and oxygen atoms in total. The lowest BCUT2D eigenvalue weighted by atomic mass is 10.3. The third-order valence-electron chi connectivity index (χ3n) is 3.16. The van der Waals surface area contributed by atoms with Crippen LogP contribution in [0.4, 0.5) is 0 Å². The van der Waals surface area contributed by atoms with E-state index in [9.17, 15) is 0 Å². The van der Waals surface area contributed by atoms with E-state index < -0.39 is 0 Å². The molecule has 0 atom stereocenters. The highest BCUT2D eigenvalue weighted by atomic mass is 15.1. The van der Waals surface area contributed by atoms with Gasteiger partial charge in [0.05, 0.1) is 6.07 Å². The van der Waals surface area contributed by atoms with Crippen molar-refractivity contribution in [2.24, 2.45) is 0 Å². The molecule has 0 amide bonds. The summed E-state index contributed by atoms with van der Waals surface area (Å²) in [7, 11) is 0. The summed E-state index contributed by atoms with van der Waals surface area (Å²) in [6.07, 6.45) is 2.97. The van der Waals surface area contributed by atoms with Crippen LogP contribution in [0.1, 0.15) is 19.3 Å². The first kappa shape index (κ1) is 15.4. The first-order chi connectivity index (χ1) is 8.93. The molecule has 1 saturated heterocycles. The van der Waals surface area contributed by atoms with E-state index in [1.807, 2.05) is 0 Å². The quantitative estimate of drug-likeness (QED) is 0.634. The summed E-state index contributed by atoms with van der Waals surface area (Å²) in [5.41, 5.74) is 0. The first-order valence-electron chi connectivity index (χ1n) is 7.15. The highest BCUT2D eigenvalue weighted by Gasteiger charge is 2.04. The molecule has 1 aliphatic heterocycles. The van der Waals surface area contributed by atoms with Crippen LogP contribution < -0.4 is 16.0 Å². The smallest absolute Gasteiger partial charge is 0.0635 e. The third kappa shape index (κ3) is 8.43. The minimum absolute atomic E-state index is 0.636. The Balaban J connectivity index is 2.22. The van der Waals surface area contributed by atoms with Crippen LogP contribution in [0.3, 0.4) is 0 Å². The first-order valence-corrected chi connectivity index (χ1v) is 7.15. The van der Waals surface area contributed by atoms with Crippen molar-refractivity contribution in [2.45, 2.75) is 19.3 Å². The molecule has 0 aromatic carbocycles. The molecule has 0 bridgehead atoms. The van der Waals surface area contributed by atoms with Crippen molar-refractivity contribution in [1.29, 1.82) is 5.26 Å². The van der Waals surface area contributed by atoms with Crippen molar-refractivity contribution in [3.8, 4) is 6.07 Å². The molecule has 104 valence electrons. The fourth-order valence-corrected chi connectivity index (χ4v) is 2.10. The Morgan fingerprint density at radius 2 is 1.50 bits per heavy atom. The average Bonchev–Trinajstić information content (AvgIpc) is 2.39. The van der Waals surface area contributed by atoms with Crippen molar-refractivity contribution < 1.29 is 0 Å². The fourth-order valence-electron chi connectivity index (χ4n) is 2.10. The van der Waals surface area contributed by atoms with Gasteiger partial charge in [0.2, 0.25) is 0 Å². The normalized spacial score (nSPS) is 21.9. The monoisotopic (exact) mass is 253 g/mol. The predicted octanol–water partition coefficient (Wildman–Crippen LogP) is -0.235. The van der Waals surface area contributed by atoms with Gasteiger partial charge >= 0.3 is 0 Å². The minimum Gasteiger partial charge on any atom is -0.315 e. The minimum atomic E-state index is 0.636. The van der Waals surface area contributed by atoms with Crippen molar-refractivity contribution >= 4 is 0 Å². The largest absolute Gasteiger partial charge is 0.315 e. The van der Waals surface area contributed by atoms with Crippen molar-refractivity contribution in [3.05, 3.63) is 0 Å². The van der Waals surface area contributed by atoms with E-state index >= 15 is 0 Å². The summed E-state index contributed by atoms with van der Waals surface area (Å²) >= 11 is 0. The Kier molecular flexibility index (Phi) is 9.76. The summed E-state index contributed by atoms with van der Waals surface area (Å²) in [6, 6.07) is 2.23. The van der Waals surface area contributed by atoms with Crippen LogP contribution in [0.2, 0.25) is 0 Å². The van der Waals surface area contributed by atoms with Crippen molar-refractivity contribution in [1.82, 2.24) is 20.9 Å². The lowest BCUT2D eigenvalue weighted by Crippen LogP contribution is -2.37. The predicted molar refractivity (Wildman–Crippen MR) is 74.5 cm³/mol. The lowest BCUT2D eigenvalue weighted by Gasteiger charge is -2.21. The molecule has 0 aromatic heterocycles. The Bertz CT molecular complexity index is 212. The van der Waals surface area contributed by atoms with E-state index in [0.29, 0.717) is 6.42 Å². The van der Waals surface area contributed by atoms with Crippen LogP contribution in [0.5, 0.6) is 0 Å². The summed E-state index contributed by atoms with van der Waals surface area (Å²) in [4.78, 5) is 2.39. The summed E-state index contributed by atoms with van der Waals surface area (Å²) in [5, 5.41) is 19.0. The maximum absolute atomic E-state index is 8.66. The maximum Gasteiger partial charge on any atom is 0.0635 e. The van der Waals surface area contributed by atoms with Gasteiger partial charge in [0.1, 0.15) is 0 Å². The molecule has 0 saturated carbocycles. The molecule has 1 heterocycles. The Morgan fingerprint density at radius 1 is 0.833 bits per heavy atom. The molecule has 3 N–H and O–H groups in total. The van der Waals surface area contributed by atoms with E-state index in [-0.39, 0.29) is 0 Å². The molecular weight excluding hydrogens is 226 g/mol. The van der Waals surface area contributed by atoms with Gasteiger partial charge in [0, 0.05) is 39.1 Å². The number of nitriles is 1. The average molecular weight is 253 g/mol. The number of nitrogens with one attached hydrogen (secondary N) is 3. The van der Waals surface area contributed by atoms with E-state index in [0.717, 1.165) is 65.3 Å². The standard InChI is InChI=1S/C13H27N5/c14-4-1-11-18-12-3-7-16-9-8-15-5-2-6-17-10-13-18/h15-17H,1-3,5-13H2. The molecule has 0 radical (unpaired) electrons. The van der Waals surface area contributed by atoms with Crippen molar-refractivity contribution in [2.75, 3.05) is 58.9 Å². The van der Waals surface area contributed by atoms with Crippen LogP contribution >= 0.6 is 0 Å². The van der Waals surface area contributed by atoms with Gasteiger partial charge < -0.3 is 20.9 Å². The van der Waals surface area contributed by atoms with Gasteiger partial charge in [0.15, 0.2) is 0 Å². The summed E-state index contributed by atoms with van der Waals surface area (Å²) in [6.45, 7) is 9.40. The van der Waals surface area contributed by atoms with E-state index in [4.69, 9.17) is 5.26 Å². The maximum atomic E-state index is 8.66. The number of hydrogen-bond acceptors (Lipinski definition) is 5. The van der Waals surface area contributed by atoms with Gasteiger partial charge in [-0.2, -0.15) is 5.26 Å². The molecule has 5 heteroatoms. The summed E-state index contributed by atoms with van der Waals surface area (Å²) < 4.78 is 0. The van der Waals surface area contributed by atoms with Gasteiger partial charge in [-0.1, -0.05) is 0 Å². The van der Waals surface area contributed by atoms with E-state index in [2.05, 4.69) is 26.9 Å². The molecular formula is C13H27N5. The van der Waals surface area contributed by atoms with Crippen LogP contribution in [0, 0.1) is 11.3 Å². The SMILES string of the molecule is N#CCCN1CCCNCCNCCCNCC1. The molecule has 0 aliphatic carbocycles. The van der Waals surface area contributed by atoms with Crippen LogP contribution in [-0.4, -0.2) is 63.8 Å². The number of hydrogen-bond donors (Lipinski definition) is 3. The Hall–Kier alpha value is -0.670. The Labute approximate surface area is 111 Å². The molecule has 0 aromatic rings. The third-order valence-corrected chi connectivity index (χ3v) is 3.16. The van der Waals surface area contributed by atoms with E-state index in [1.54, 1.807) is 0 Å². The molecule has 1 aliphatic rings. The molecule has 1 rings (SSSR count). The number of nitrogens with zero attached hydrogens (tertiary/aromatic N) is 2. The van der Waals surface area contributed by atoms with E-state index in [1.165, 1.54) is 6.42 Å². The number of rotatable bonds is 2. The molecule has 1 fully saturated rings. The van der Waals surface area contributed by atoms with Gasteiger partial charge in [-0.3, -0.25) is 0 Å². The van der Waals surface area contributed by atoms with Gasteiger partial charge in [0.25, 0.3) is 0 Å². The molecule has 0 unspecified atom stereocenters. The zero-order chi connectivity index (χ0) is 12.9. The van der Waals surface area contributed by atoms with Crippen molar-refractivity contribution in [3.63, 3.8) is 0 Å². The summed E-state index contributed by atoms with van der Waals surface area (Å²) in [5.74, 6) is 0. The lowest BCUT2D eigenvalue weighted by molar-refractivity contribution is 0.273. The Morgan fingerprint density at radius 3 is 2.22 bits per heavy atom. The van der Waals surface area contributed by atoms with Crippen LogP contribution in [0.15, 0.2) is 0 Å². The topological polar surface area (TPSA) is 63.1 Å². The molecule has 0 spiro atoms. The zero-order valence-corrected chi connectivity index (χ0v) is 11.4. The highest BCUT2D eigenvalue weighted by molar-refractivity contribution is 4.73. The van der Waals surface area contributed by atoms with Crippen LogP contribution in [0.25, 0.3) is 0 Å². The highest BCUT2D eigenvalue weighted by Crippen LogP contribution is 1.93. The van der Waals surface area contributed by atoms with Gasteiger partial charge in [-0.05, 0) is 39.0 Å². The second-order valence-electron chi connectivity index (χ2n) is 4.71. The van der Waals surface area contributed by atoms with Gasteiger partial charge in [-0.25, -0.2) is 0 Å². The zero-order valence-electron chi connectivity index (χ0n) is 11.4. The second-order valence-corrected chi connectivity index (χ2v) is 4.71.